The Balaban J connectivity index is 2.55. The maximum Gasteiger partial charge on any atom is 0.387 e. The van der Waals surface area contributed by atoms with E-state index in [2.05, 4.69) is 20.6 Å². The molecule has 0 heterocycles. The Morgan fingerprint density at radius 1 is 1.32 bits per heavy atom. The first kappa shape index (κ1) is 18.2. The minimum Gasteiger partial charge on any atom is -0.435 e. The molecule has 0 amide bonds. The third-order valence-corrected chi connectivity index (χ3v) is 2.83. The van der Waals surface area contributed by atoms with Crippen molar-refractivity contribution in [3.8, 4) is 5.75 Å². The van der Waals surface area contributed by atoms with Crippen LogP contribution < -0.4 is 15.5 Å². The lowest BCUT2D eigenvalue weighted by Gasteiger charge is -2.14. The highest BCUT2D eigenvalue weighted by molar-refractivity contribution is 7.80. The van der Waals surface area contributed by atoms with Crippen LogP contribution >= 0.6 is 12.2 Å². The SMILES string of the molecule is COC[C@H](C)NC(=S)N/N=C(/C)c1ccc(OC(F)F)cc1. The summed E-state index contributed by atoms with van der Waals surface area (Å²) in [4.78, 5) is 0. The fraction of sp³-hybridized carbons (Fsp3) is 0.429. The van der Waals surface area contributed by atoms with E-state index in [9.17, 15) is 8.78 Å². The molecule has 1 rings (SSSR count). The number of halogens is 2. The van der Waals surface area contributed by atoms with Crippen LogP contribution in [-0.4, -0.2) is 37.2 Å². The third-order valence-electron chi connectivity index (χ3n) is 2.62. The quantitative estimate of drug-likeness (QED) is 0.457. The van der Waals surface area contributed by atoms with Crippen LogP contribution in [0.2, 0.25) is 0 Å². The van der Waals surface area contributed by atoms with Gasteiger partial charge < -0.3 is 14.8 Å². The first-order valence-corrected chi connectivity index (χ1v) is 6.98. The summed E-state index contributed by atoms with van der Waals surface area (Å²) in [6.45, 7) is 1.39. The molecule has 5 nitrogen and oxygen atoms in total. The molecule has 0 unspecified atom stereocenters. The van der Waals surface area contributed by atoms with E-state index in [1.807, 2.05) is 6.92 Å². The summed E-state index contributed by atoms with van der Waals surface area (Å²) in [5, 5.41) is 7.51. The van der Waals surface area contributed by atoms with E-state index < -0.39 is 6.61 Å². The van der Waals surface area contributed by atoms with Crippen LogP contribution in [0.25, 0.3) is 0 Å². The molecular formula is C14H19F2N3O2S. The number of hydrazone groups is 1. The van der Waals surface area contributed by atoms with Crippen molar-refractivity contribution in [3.63, 3.8) is 0 Å². The Morgan fingerprint density at radius 3 is 2.50 bits per heavy atom. The molecule has 0 aliphatic heterocycles. The smallest absolute Gasteiger partial charge is 0.387 e. The minimum absolute atomic E-state index is 0.0614. The number of hydrogen-bond acceptors (Lipinski definition) is 4. The Bertz CT molecular complexity index is 509. The van der Waals surface area contributed by atoms with E-state index in [-0.39, 0.29) is 11.8 Å². The van der Waals surface area contributed by atoms with Crippen molar-refractivity contribution in [1.29, 1.82) is 0 Å². The molecule has 0 radical (unpaired) electrons. The zero-order chi connectivity index (χ0) is 16.5. The molecule has 2 N–H and O–H groups in total. The van der Waals surface area contributed by atoms with Crippen molar-refractivity contribution in [3.05, 3.63) is 29.8 Å². The van der Waals surface area contributed by atoms with E-state index in [4.69, 9.17) is 17.0 Å². The molecule has 0 aromatic heterocycles. The number of thiocarbonyl (C=S) groups is 1. The summed E-state index contributed by atoms with van der Waals surface area (Å²) >= 11 is 5.09. The number of methoxy groups -OCH3 is 1. The summed E-state index contributed by atoms with van der Waals surface area (Å²) in [5.41, 5.74) is 4.14. The number of benzene rings is 1. The summed E-state index contributed by atoms with van der Waals surface area (Å²) in [6.07, 6.45) is 0. The van der Waals surface area contributed by atoms with E-state index in [1.165, 1.54) is 12.1 Å². The van der Waals surface area contributed by atoms with Gasteiger partial charge in [0.2, 0.25) is 0 Å². The second-order valence-corrected chi connectivity index (χ2v) is 4.95. The van der Waals surface area contributed by atoms with Gasteiger partial charge in [0.1, 0.15) is 5.75 Å². The molecule has 8 heteroatoms. The van der Waals surface area contributed by atoms with Gasteiger partial charge in [-0.1, -0.05) is 0 Å². The Hall–Kier alpha value is -1.80. The van der Waals surface area contributed by atoms with Crippen molar-refractivity contribution < 1.29 is 18.3 Å². The average Bonchev–Trinajstić information content (AvgIpc) is 2.45. The Morgan fingerprint density at radius 2 is 1.95 bits per heavy atom. The molecule has 0 saturated carbocycles. The van der Waals surface area contributed by atoms with Crippen molar-refractivity contribution in [2.45, 2.75) is 26.5 Å². The third kappa shape index (κ3) is 6.77. The van der Waals surface area contributed by atoms with Crippen molar-refractivity contribution in [1.82, 2.24) is 10.7 Å². The van der Waals surface area contributed by atoms with E-state index in [0.717, 1.165) is 5.56 Å². The molecule has 1 aromatic carbocycles. The van der Waals surface area contributed by atoms with Crippen LogP contribution in [0, 0.1) is 0 Å². The lowest BCUT2D eigenvalue weighted by molar-refractivity contribution is -0.0498. The highest BCUT2D eigenvalue weighted by atomic mass is 32.1. The lowest BCUT2D eigenvalue weighted by Crippen LogP contribution is -2.40. The molecule has 22 heavy (non-hydrogen) atoms. The van der Waals surface area contributed by atoms with Gasteiger partial charge in [-0.3, -0.25) is 5.43 Å². The standard InChI is InChI=1S/C14H19F2N3O2S/c1-9(8-20-3)17-14(22)19-18-10(2)11-4-6-12(7-5-11)21-13(15)16/h4-7,9,13H,8H2,1-3H3,(H2,17,19,22)/b18-10-/t9-/m0/s1. The molecule has 0 saturated heterocycles. The monoisotopic (exact) mass is 331 g/mol. The maximum atomic E-state index is 12.1. The predicted molar refractivity (Wildman–Crippen MR) is 85.5 cm³/mol. The molecular weight excluding hydrogens is 312 g/mol. The summed E-state index contributed by atoms with van der Waals surface area (Å²) in [5.74, 6) is 0.102. The van der Waals surface area contributed by atoms with Gasteiger partial charge in [-0.15, -0.1) is 0 Å². The van der Waals surface area contributed by atoms with Gasteiger partial charge in [-0.2, -0.15) is 13.9 Å². The predicted octanol–water partition coefficient (Wildman–Crippen LogP) is 2.51. The van der Waals surface area contributed by atoms with E-state index >= 15 is 0 Å². The number of ether oxygens (including phenoxy) is 2. The van der Waals surface area contributed by atoms with E-state index in [1.54, 1.807) is 26.2 Å². The van der Waals surface area contributed by atoms with Gasteiger partial charge in [0.25, 0.3) is 0 Å². The molecule has 1 atom stereocenters. The van der Waals surface area contributed by atoms with Gasteiger partial charge in [-0.05, 0) is 55.9 Å². The van der Waals surface area contributed by atoms with Crippen LogP contribution in [0.15, 0.2) is 29.4 Å². The van der Waals surface area contributed by atoms with Crippen molar-refractivity contribution in [2.24, 2.45) is 5.10 Å². The molecule has 1 aromatic rings. The van der Waals surface area contributed by atoms with Crippen LogP contribution in [0.5, 0.6) is 5.75 Å². The fourth-order valence-electron chi connectivity index (χ4n) is 1.62. The van der Waals surface area contributed by atoms with E-state index in [0.29, 0.717) is 17.4 Å². The highest BCUT2D eigenvalue weighted by Crippen LogP contribution is 2.15. The summed E-state index contributed by atoms with van der Waals surface area (Å²) < 4.78 is 33.4. The molecule has 0 fully saturated rings. The maximum absolute atomic E-state index is 12.1. The number of nitrogens with zero attached hydrogens (tertiary/aromatic N) is 1. The fourth-order valence-corrected chi connectivity index (χ4v) is 1.87. The highest BCUT2D eigenvalue weighted by Gasteiger charge is 2.05. The van der Waals surface area contributed by atoms with Gasteiger partial charge in [0, 0.05) is 13.2 Å². The topological polar surface area (TPSA) is 54.9 Å². The summed E-state index contributed by atoms with van der Waals surface area (Å²) in [6, 6.07) is 6.26. The molecule has 0 spiro atoms. The lowest BCUT2D eigenvalue weighted by atomic mass is 10.1. The Labute approximate surface area is 133 Å². The first-order chi connectivity index (χ1) is 10.4. The van der Waals surface area contributed by atoms with Crippen molar-refractivity contribution >= 4 is 23.0 Å². The van der Waals surface area contributed by atoms with Crippen LogP contribution in [0.3, 0.4) is 0 Å². The second-order valence-electron chi connectivity index (χ2n) is 4.54. The zero-order valence-corrected chi connectivity index (χ0v) is 13.4. The number of nitrogens with one attached hydrogen (secondary N) is 2. The minimum atomic E-state index is -2.83. The molecule has 0 aliphatic carbocycles. The molecule has 0 aliphatic rings. The van der Waals surface area contributed by atoms with Crippen LogP contribution in [0.1, 0.15) is 19.4 Å². The number of rotatable bonds is 7. The van der Waals surface area contributed by atoms with Crippen molar-refractivity contribution in [2.75, 3.05) is 13.7 Å². The van der Waals surface area contributed by atoms with Gasteiger partial charge in [-0.25, -0.2) is 0 Å². The second kappa shape index (κ2) is 9.26. The van der Waals surface area contributed by atoms with Gasteiger partial charge in [0.15, 0.2) is 5.11 Å². The van der Waals surface area contributed by atoms with Gasteiger partial charge >= 0.3 is 6.61 Å². The normalized spacial score (nSPS) is 12.9. The largest absolute Gasteiger partial charge is 0.435 e. The van der Waals surface area contributed by atoms with Gasteiger partial charge in [0.05, 0.1) is 12.3 Å². The number of alkyl halides is 2. The average molecular weight is 331 g/mol. The Kier molecular flexibility index (Phi) is 7.69. The number of hydrogen-bond donors (Lipinski definition) is 2. The summed E-state index contributed by atoms with van der Waals surface area (Å²) in [7, 11) is 1.61. The molecule has 0 bridgehead atoms. The molecule has 122 valence electrons. The zero-order valence-electron chi connectivity index (χ0n) is 12.6. The van der Waals surface area contributed by atoms with Crippen LogP contribution in [-0.2, 0) is 4.74 Å². The van der Waals surface area contributed by atoms with Crippen LogP contribution in [0.4, 0.5) is 8.78 Å². The first-order valence-electron chi connectivity index (χ1n) is 6.57.